The van der Waals surface area contributed by atoms with E-state index in [1.54, 1.807) is 12.1 Å². The maximum absolute atomic E-state index is 12.8. The molecule has 2 aromatic rings. The van der Waals surface area contributed by atoms with Crippen molar-refractivity contribution in [1.82, 2.24) is 15.3 Å². The highest BCUT2D eigenvalue weighted by Crippen LogP contribution is 2.60. The number of halogens is 3. The quantitative estimate of drug-likeness (QED) is 0.339. The number of ether oxygens (including phenoxy) is 1. The van der Waals surface area contributed by atoms with Gasteiger partial charge >= 0.3 is 6.36 Å². The lowest BCUT2D eigenvalue weighted by Gasteiger charge is -2.61. The average Bonchev–Trinajstić information content (AvgIpc) is 2.93. The van der Waals surface area contributed by atoms with Crippen LogP contribution in [0.25, 0.3) is 0 Å². The average molecular weight is 573 g/mol. The van der Waals surface area contributed by atoms with Gasteiger partial charge in [0.2, 0.25) is 5.95 Å². The minimum atomic E-state index is -4.78. The Labute approximate surface area is 237 Å². The number of para-hydroxylation sites is 1. The summed E-state index contributed by atoms with van der Waals surface area (Å²) in [5.41, 5.74) is 0.882. The number of thioether (sulfide) groups is 1. The van der Waals surface area contributed by atoms with Crippen molar-refractivity contribution in [2.24, 2.45) is 23.2 Å². The molecule has 214 valence electrons. The predicted molar refractivity (Wildman–Crippen MR) is 149 cm³/mol. The van der Waals surface area contributed by atoms with Gasteiger partial charge in [0, 0.05) is 30.7 Å². The van der Waals surface area contributed by atoms with E-state index in [0.717, 1.165) is 12.5 Å². The highest BCUT2D eigenvalue weighted by atomic mass is 32.2. The Balaban J connectivity index is 1.11. The molecule has 5 atom stereocenters. The Bertz CT molecular complexity index is 1230. The molecule has 1 aromatic carbocycles. The van der Waals surface area contributed by atoms with E-state index in [0.29, 0.717) is 40.9 Å². The lowest BCUT2D eigenvalue weighted by atomic mass is 9.48. The van der Waals surface area contributed by atoms with E-state index in [-0.39, 0.29) is 23.7 Å². The largest absolute Gasteiger partial charge is 0.573 e. The molecule has 5 fully saturated rings. The summed E-state index contributed by atoms with van der Waals surface area (Å²) in [4.78, 5) is 8.75. The molecule has 4 aliphatic carbocycles. The van der Waals surface area contributed by atoms with Gasteiger partial charge in [0.25, 0.3) is 0 Å². The van der Waals surface area contributed by atoms with Crippen molar-refractivity contribution < 1.29 is 17.9 Å². The summed E-state index contributed by atoms with van der Waals surface area (Å²) in [5.74, 6) is 5.15. The van der Waals surface area contributed by atoms with E-state index in [2.05, 4.69) is 48.5 Å². The summed E-state index contributed by atoms with van der Waals surface area (Å²) in [5, 5.41) is 20.3. The van der Waals surface area contributed by atoms with Gasteiger partial charge in [-0.2, -0.15) is 22.0 Å². The van der Waals surface area contributed by atoms with E-state index in [1.807, 2.05) is 0 Å². The summed E-state index contributed by atoms with van der Waals surface area (Å²) in [6.45, 7) is 0.803. The number of aromatic nitrogens is 2. The first-order chi connectivity index (χ1) is 19.3. The van der Waals surface area contributed by atoms with E-state index in [1.165, 1.54) is 74.8 Å². The van der Waals surface area contributed by atoms with Gasteiger partial charge in [-0.3, -0.25) is 0 Å². The number of benzene rings is 1. The van der Waals surface area contributed by atoms with Crippen molar-refractivity contribution in [3.8, 4) is 11.8 Å². The van der Waals surface area contributed by atoms with Crippen LogP contribution in [0.4, 0.5) is 24.9 Å². The molecule has 7 rings (SSSR count). The molecule has 1 aliphatic heterocycles. The minimum absolute atomic E-state index is 0.0423. The number of anilines is 2. The fourth-order valence-corrected chi connectivity index (χ4v) is 8.93. The molecule has 4 bridgehead atoms. The van der Waals surface area contributed by atoms with Crippen LogP contribution in [0.5, 0.6) is 5.75 Å². The van der Waals surface area contributed by atoms with Crippen LogP contribution in [0.2, 0.25) is 0 Å². The lowest BCUT2D eigenvalue weighted by Crippen LogP contribution is -2.61. The molecule has 11 heteroatoms. The fraction of sp³-hybridized carbons (Fsp3) is 0.621. The SMILES string of the molecule is N#Cc1cnc(NCc2ccccc2OC(F)(F)F)nc1NCC12CC3C[C@H](C1)[C@H](NC1CCSCC1)[C@@H](C3)C2. The number of hydrogen-bond donors (Lipinski definition) is 3. The van der Waals surface area contributed by atoms with Gasteiger partial charge in [0.05, 0.1) is 6.20 Å². The first-order valence-electron chi connectivity index (χ1n) is 14.2. The van der Waals surface area contributed by atoms with E-state index in [9.17, 15) is 18.4 Å². The van der Waals surface area contributed by atoms with Gasteiger partial charge in [-0.1, -0.05) is 18.2 Å². The molecule has 4 saturated carbocycles. The van der Waals surface area contributed by atoms with E-state index in [4.69, 9.17) is 0 Å². The van der Waals surface area contributed by atoms with E-state index < -0.39 is 6.36 Å². The third kappa shape index (κ3) is 6.13. The molecule has 0 radical (unpaired) electrons. The van der Waals surface area contributed by atoms with E-state index >= 15 is 0 Å². The molecule has 40 heavy (non-hydrogen) atoms. The molecule has 0 spiro atoms. The lowest BCUT2D eigenvalue weighted by molar-refractivity contribution is -0.274. The Morgan fingerprint density at radius 2 is 1.82 bits per heavy atom. The highest BCUT2D eigenvalue weighted by Gasteiger charge is 2.55. The van der Waals surface area contributed by atoms with Gasteiger partial charge in [-0.15, -0.1) is 13.2 Å². The third-order valence-corrected chi connectivity index (χ3v) is 10.3. The number of rotatable bonds is 9. The molecule has 7 nitrogen and oxygen atoms in total. The summed E-state index contributed by atoms with van der Waals surface area (Å²) in [6, 6.07) is 9.43. The Hall–Kier alpha value is -2.71. The molecule has 1 aromatic heterocycles. The first kappa shape index (κ1) is 27.5. The van der Waals surface area contributed by atoms with Gasteiger partial charge in [0.1, 0.15) is 23.2 Å². The standard InChI is InChI=1S/C29H35F3N6OS/c30-29(31,32)39-24-4-2-1-3-19(24)15-34-27-35-16-22(14-33)26(38-27)36-17-28-11-18-9-20(12-28)25(21(10-18)13-28)37-23-5-7-40-8-6-23/h1-4,16,18,20-21,23,25,37H,5-13,15,17H2,(H2,34,35,36,38)/t18?,20-,21+,25+,28?. The summed E-state index contributed by atoms with van der Waals surface area (Å²) in [6.07, 6.45) is 5.48. The zero-order chi connectivity index (χ0) is 27.7. The van der Waals surface area contributed by atoms with Crippen LogP contribution in [-0.4, -0.2) is 46.5 Å². The van der Waals surface area contributed by atoms with Crippen LogP contribution in [0, 0.1) is 34.5 Å². The van der Waals surface area contributed by atoms with Gasteiger partial charge in [-0.25, -0.2) is 4.98 Å². The summed E-state index contributed by atoms with van der Waals surface area (Å²) >= 11 is 2.07. The van der Waals surface area contributed by atoms with Crippen LogP contribution >= 0.6 is 11.8 Å². The number of nitrogens with zero attached hydrogens (tertiary/aromatic N) is 3. The van der Waals surface area contributed by atoms with Gasteiger partial charge in [0.15, 0.2) is 0 Å². The molecular weight excluding hydrogens is 537 g/mol. The Morgan fingerprint density at radius 3 is 2.55 bits per heavy atom. The first-order valence-corrected chi connectivity index (χ1v) is 15.4. The molecule has 2 heterocycles. The van der Waals surface area contributed by atoms with Gasteiger partial charge < -0.3 is 20.7 Å². The monoisotopic (exact) mass is 572 g/mol. The van der Waals surface area contributed by atoms with Crippen LogP contribution in [0.1, 0.15) is 56.1 Å². The van der Waals surface area contributed by atoms with Crippen molar-refractivity contribution in [3.63, 3.8) is 0 Å². The minimum Gasteiger partial charge on any atom is -0.405 e. The second-order valence-corrected chi connectivity index (χ2v) is 13.2. The van der Waals surface area contributed by atoms with Gasteiger partial charge in [-0.05, 0) is 85.7 Å². The molecular formula is C29H35F3N6OS. The van der Waals surface area contributed by atoms with Crippen molar-refractivity contribution in [1.29, 1.82) is 5.26 Å². The van der Waals surface area contributed by atoms with Crippen molar-refractivity contribution in [2.75, 3.05) is 28.7 Å². The van der Waals surface area contributed by atoms with Crippen LogP contribution in [-0.2, 0) is 6.54 Å². The highest BCUT2D eigenvalue weighted by molar-refractivity contribution is 7.99. The predicted octanol–water partition coefficient (Wildman–Crippen LogP) is 5.95. The number of nitriles is 1. The maximum atomic E-state index is 12.8. The van der Waals surface area contributed by atoms with Crippen LogP contribution in [0.3, 0.4) is 0 Å². The third-order valence-electron chi connectivity index (χ3n) is 9.22. The van der Waals surface area contributed by atoms with Crippen molar-refractivity contribution in [2.45, 2.75) is 69.9 Å². The smallest absolute Gasteiger partial charge is 0.405 e. The van der Waals surface area contributed by atoms with Crippen LogP contribution < -0.4 is 20.7 Å². The molecule has 2 unspecified atom stereocenters. The number of hydrogen-bond acceptors (Lipinski definition) is 8. The molecule has 0 amide bonds. The topological polar surface area (TPSA) is 94.9 Å². The maximum Gasteiger partial charge on any atom is 0.573 e. The zero-order valence-corrected chi connectivity index (χ0v) is 23.2. The Kier molecular flexibility index (Phi) is 7.75. The normalized spacial score (nSPS) is 29.6. The van der Waals surface area contributed by atoms with Crippen molar-refractivity contribution >= 4 is 23.5 Å². The second kappa shape index (κ2) is 11.3. The zero-order valence-electron chi connectivity index (χ0n) is 22.3. The molecule has 3 N–H and O–H groups in total. The van der Waals surface area contributed by atoms with Crippen LogP contribution in [0.15, 0.2) is 30.5 Å². The fourth-order valence-electron chi connectivity index (χ4n) is 7.82. The van der Waals surface area contributed by atoms with Crippen molar-refractivity contribution in [3.05, 3.63) is 41.6 Å². The Morgan fingerprint density at radius 1 is 1.07 bits per heavy atom. The second-order valence-electron chi connectivity index (χ2n) is 12.0. The molecule has 1 saturated heterocycles. The summed E-state index contributed by atoms with van der Waals surface area (Å²) in [7, 11) is 0. The summed E-state index contributed by atoms with van der Waals surface area (Å²) < 4.78 is 42.5. The molecule has 5 aliphatic rings. The number of alkyl halides is 3. The number of nitrogens with one attached hydrogen (secondary N) is 3.